The zero-order valence-electron chi connectivity index (χ0n) is 19.8. The summed E-state index contributed by atoms with van der Waals surface area (Å²) >= 11 is 0. The van der Waals surface area contributed by atoms with E-state index in [4.69, 9.17) is 15.9 Å². The van der Waals surface area contributed by atoms with Gasteiger partial charge >= 0.3 is 0 Å². The predicted molar refractivity (Wildman–Crippen MR) is 134 cm³/mol. The summed E-state index contributed by atoms with van der Waals surface area (Å²) in [5, 5.41) is 34.9. The Kier molecular flexibility index (Phi) is 4.31. The van der Waals surface area contributed by atoms with Crippen molar-refractivity contribution in [2.75, 3.05) is 18.4 Å². The lowest BCUT2D eigenvalue weighted by Crippen LogP contribution is -2.62. The van der Waals surface area contributed by atoms with Gasteiger partial charge in [-0.25, -0.2) is 0 Å². The van der Waals surface area contributed by atoms with Crippen LogP contribution in [0.2, 0.25) is 0 Å². The van der Waals surface area contributed by atoms with Gasteiger partial charge in [0.05, 0.1) is 17.2 Å². The zero-order valence-corrected chi connectivity index (χ0v) is 19.8. The SMILES string of the molecule is CCN(CC1CC1)C1Cc2ccc(O)c3c2C2[C@@H](O3)c3[nH]c4ccc(NC(=N)N)cc4c3C[C@]21O. The van der Waals surface area contributed by atoms with E-state index in [9.17, 15) is 10.2 Å². The van der Waals surface area contributed by atoms with Crippen LogP contribution in [0.5, 0.6) is 11.5 Å². The monoisotopic (exact) mass is 473 g/mol. The van der Waals surface area contributed by atoms with Gasteiger partial charge in [0.1, 0.15) is 6.10 Å². The number of H-pyrrole nitrogens is 1. The van der Waals surface area contributed by atoms with Gasteiger partial charge in [-0.2, -0.15) is 0 Å². The molecule has 1 saturated carbocycles. The molecule has 8 heteroatoms. The number of phenolic OH excluding ortho intramolecular Hbond substituents is 1. The summed E-state index contributed by atoms with van der Waals surface area (Å²) in [5.41, 5.74) is 10.4. The first-order chi connectivity index (χ1) is 16.9. The molecule has 182 valence electrons. The van der Waals surface area contributed by atoms with Gasteiger partial charge in [0, 0.05) is 41.2 Å². The first kappa shape index (κ1) is 21.1. The van der Waals surface area contributed by atoms with Crippen LogP contribution >= 0.6 is 0 Å². The summed E-state index contributed by atoms with van der Waals surface area (Å²) < 4.78 is 6.47. The van der Waals surface area contributed by atoms with Crippen molar-refractivity contribution in [3.8, 4) is 11.5 Å². The molecule has 35 heavy (non-hydrogen) atoms. The Morgan fingerprint density at radius 2 is 2.14 bits per heavy atom. The minimum absolute atomic E-state index is 0.0381. The van der Waals surface area contributed by atoms with E-state index < -0.39 is 11.7 Å². The van der Waals surface area contributed by atoms with E-state index in [1.54, 1.807) is 6.07 Å². The number of phenols is 1. The second-order valence-electron chi connectivity index (χ2n) is 10.7. The summed E-state index contributed by atoms with van der Waals surface area (Å²) in [6, 6.07) is 9.55. The van der Waals surface area contributed by atoms with Gasteiger partial charge in [-0.05, 0) is 67.1 Å². The minimum atomic E-state index is -1.03. The Balaban J connectivity index is 1.42. The molecular formula is C27H31N5O3. The summed E-state index contributed by atoms with van der Waals surface area (Å²) in [7, 11) is 0. The molecule has 0 saturated heterocycles. The third-order valence-electron chi connectivity index (χ3n) is 8.65. The highest BCUT2D eigenvalue weighted by molar-refractivity contribution is 5.95. The van der Waals surface area contributed by atoms with Crippen LogP contribution in [-0.2, 0) is 12.8 Å². The number of ether oxygens (including phenoxy) is 1. The Morgan fingerprint density at radius 1 is 1.31 bits per heavy atom. The molecule has 1 aromatic heterocycles. The molecule has 3 aromatic rings. The molecule has 2 unspecified atom stereocenters. The number of fused-ring (bicyclic) bond motifs is 4. The number of guanidine groups is 1. The number of hydrogen-bond acceptors (Lipinski definition) is 5. The van der Waals surface area contributed by atoms with Crippen LogP contribution in [0.4, 0.5) is 5.69 Å². The molecule has 1 fully saturated rings. The first-order valence-electron chi connectivity index (χ1n) is 12.6. The van der Waals surface area contributed by atoms with Gasteiger partial charge < -0.3 is 31.0 Å². The van der Waals surface area contributed by atoms with E-state index in [1.807, 2.05) is 24.3 Å². The van der Waals surface area contributed by atoms with E-state index >= 15 is 0 Å². The van der Waals surface area contributed by atoms with E-state index in [0.717, 1.165) is 58.8 Å². The van der Waals surface area contributed by atoms with E-state index in [0.29, 0.717) is 12.2 Å². The molecule has 8 nitrogen and oxygen atoms in total. The fraction of sp³-hybridized carbons (Fsp3) is 0.444. The summed E-state index contributed by atoms with van der Waals surface area (Å²) in [5.74, 6) is 1.01. The molecule has 0 bridgehead atoms. The summed E-state index contributed by atoms with van der Waals surface area (Å²) in [6.45, 7) is 4.08. The Morgan fingerprint density at radius 3 is 2.89 bits per heavy atom. The van der Waals surface area contributed by atoms with Gasteiger partial charge in [0.2, 0.25) is 0 Å². The van der Waals surface area contributed by atoms with Crippen LogP contribution in [0.3, 0.4) is 0 Å². The average molecular weight is 474 g/mol. The van der Waals surface area contributed by atoms with E-state index in [1.165, 1.54) is 18.4 Å². The zero-order chi connectivity index (χ0) is 24.1. The molecule has 7 rings (SSSR count). The van der Waals surface area contributed by atoms with Crippen LogP contribution in [-0.4, -0.2) is 50.8 Å². The van der Waals surface area contributed by atoms with Crippen LogP contribution in [0, 0.1) is 11.3 Å². The fourth-order valence-corrected chi connectivity index (χ4v) is 6.95. The smallest absolute Gasteiger partial charge is 0.190 e. The molecule has 3 aliphatic carbocycles. The quantitative estimate of drug-likeness (QED) is 0.249. The number of hydrogen-bond donors (Lipinski definition) is 6. The molecule has 0 spiro atoms. The van der Waals surface area contributed by atoms with Crippen molar-refractivity contribution in [2.45, 2.75) is 56.3 Å². The van der Waals surface area contributed by atoms with Gasteiger partial charge in [-0.3, -0.25) is 10.3 Å². The Labute approximate surface area is 203 Å². The number of nitrogens with two attached hydrogens (primary N) is 1. The van der Waals surface area contributed by atoms with Crippen molar-refractivity contribution in [3.05, 3.63) is 52.7 Å². The molecule has 1 aliphatic heterocycles. The van der Waals surface area contributed by atoms with Gasteiger partial charge in [0.15, 0.2) is 17.5 Å². The fourth-order valence-electron chi connectivity index (χ4n) is 6.95. The molecule has 4 atom stereocenters. The predicted octanol–water partition coefficient (Wildman–Crippen LogP) is 3.34. The average Bonchev–Trinajstić information content (AvgIpc) is 3.43. The number of aliphatic hydroxyl groups is 1. The van der Waals surface area contributed by atoms with Crippen molar-refractivity contribution in [3.63, 3.8) is 0 Å². The van der Waals surface area contributed by atoms with Crippen LogP contribution in [0.15, 0.2) is 30.3 Å². The second kappa shape index (κ2) is 7.15. The number of aromatic hydroxyl groups is 1. The number of anilines is 1. The highest BCUT2D eigenvalue weighted by Gasteiger charge is 2.61. The maximum absolute atomic E-state index is 12.7. The second-order valence-corrected chi connectivity index (χ2v) is 10.7. The molecular weight excluding hydrogens is 442 g/mol. The lowest BCUT2D eigenvalue weighted by Gasteiger charge is -2.52. The molecule has 2 aromatic carbocycles. The number of rotatable bonds is 5. The standard InChI is InChI=1S/C27H31N5O3/c1-2-32(12-13-3-4-13)20-9-14-5-8-19(33)24-21(14)22-25(35-24)23-17(11-27(20,22)34)16-10-15(30-26(28)29)6-7-18(16)31-23/h5-8,10,13,20,22,25,31,33-34H,2-4,9,11-12H2,1H3,(H4,28,29,30)/t20?,22?,25-,27-/m1/s1. The summed E-state index contributed by atoms with van der Waals surface area (Å²) in [6.07, 6.45) is 3.37. The number of aromatic nitrogens is 1. The van der Waals surface area contributed by atoms with E-state index in [2.05, 4.69) is 22.1 Å². The highest BCUT2D eigenvalue weighted by atomic mass is 16.5. The number of nitrogens with one attached hydrogen (secondary N) is 3. The third-order valence-corrected chi connectivity index (χ3v) is 8.65. The maximum atomic E-state index is 12.7. The number of nitrogens with zero attached hydrogens (tertiary/aromatic N) is 1. The third kappa shape index (κ3) is 2.96. The number of benzene rings is 2. The molecule has 0 amide bonds. The normalized spacial score (nSPS) is 28.0. The van der Waals surface area contributed by atoms with Gasteiger partial charge in [-0.1, -0.05) is 13.0 Å². The topological polar surface area (TPSA) is 131 Å². The Hall–Kier alpha value is -3.23. The molecule has 7 N–H and O–H groups in total. The highest BCUT2D eigenvalue weighted by Crippen LogP contribution is 2.63. The van der Waals surface area contributed by atoms with E-state index in [-0.39, 0.29) is 23.7 Å². The lowest BCUT2D eigenvalue weighted by molar-refractivity contribution is -0.0964. The first-order valence-corrected chi connectivity index (χ1v) is 12.6. The molecule has 4 aliphatic rings. The van der Waals surface area contributed by atoms with Gasteiger partial charge in [0.25, 0.3) is 0 Å². The molecule has 2 heterocycles. The van der Waals surface area contributed by atoms with Crippen molar-refractivity contribution >= 4 is 22.5 Å². The van der Waals surface area contributed by atoms with Crippen molar-refractivity contribution in [1.82, 2.24) is 9.88 Å². The van der Waals surface area contributed by atoms with Crippen LogP contribution in [0.1, 0.15) is 54.2 Å². The largest absolute Gasteiger partial charge is 0.504 e. The Bertz CT molecular complexity index is 1380. The minimum Gasteiger partial charge on any atom is -0.504 e. The van der Waals surface area contributed by atoms with Crippen LogP contribution in [0.25, 0.3) is 10.9 Å². The van der Waals surface area contributed by atoms with Crippen LogP contribution < -0.4 is 15.8 Å². The lowest BCUT2D eigenvalue weighted by atomic mass is 9.61. The van der Waals surface area contributed by atoms with Crippen molar-refractivity contribution in [1.29, 1.82) is 5.41 Å². The summed E-state index contributed by atoms with van der Waals surface area (Å²) in [4.78, 5) is 6.04. The van der Waals surface area contributed by atoms with Crippen molar-refractivity contribution in [2.24, 2.45) is 11.7 Å². The number of aromatic amines is 1. The van der Waals surface area contributed by atoms with Gasteiger partial charge in [-0.15, -0.1) is 0 Å². The maximum Gasteiger partial charge on any atom is 0.190 e. The number of likely N-dealkylation sites (N-methyl/N-ethyl adjacent to an activating group) is 1. The molecule has 0 radical (unpaired) electrons. The van der Waals surface area contributed by atoms with Crippen molar-refractivity contribution < 1.29 is 14.9 Å².